The molecule has 2 aliphatic heterocycles. The minimum atomic E-state index is 0.118. The maximum atomic E-state index is 13.0. The zero-order valence-corrected chi connectivity index (χ0v) is 33.7. The molecule has 12 heteroatoms. The summed E-state index contributed by atoms with van der Waals surface area (Å²) in [5, 5.41) is 2.25. The average molecular weight is 813 g/mol. The van der Waals surface area contributed by atoms with Gasteiger partial charge in [-0.15, -0.1) is 0 Å². The molecule has 0 radical (unpaired) electrons. The van der Waals surface area contributed by atoms with Gasteiger partial charge in [-0.05, 0) is 62.7 Å². The van der Waals surface area contributed by atoms with Gasteiger partial charge < -0.3 is 15.5 Å². The summed E-state index contributed by atoms with van der Waals surface area (Å²) in [7, 11) is 0. The van der Waals surface area contributed by atoms with Gasteiger partial charge in [-0.1, -0.05) is 107 Å². The van der Waals surface area contributed by atoms with Gasteiger partial charge in [-0.25, -0.2) is 0 Å². The van der Waals surface area contributed by atoms with E-state index in [0.717, 1.165) is 95.7 Å². The fraction of sp³-hybridized carbons (Fsp3) is 0.429. The molecule has 2 aromatic carbocycles. The number of nitrogens with two attached hydrogens (primary N) is 1. The Hall–Kier alpha value is -3.24. The van der Waals surface area contributed by atoms with Crippen LogP contribution in [0.1, 0.15) is 62.5 Å². The van der Waals surface area contributed by atoms with Gasteiger partial charge in [0.25, 0.3) is 0 Å². The molecular weight excluding hydrogens is 762 g/mol. The Morgan fingerprint density at radius 3 is 1.35 bits per heavy atom. The van der Waals surface area contributed by atoms with E-state index in [-0.39, 0.29) is 11.8 Å². The zero-order valence-electron chi connectivity index (χ0n) is 30.7. The number of rotatable bonds is 15. The minimum absolute atomic E-state index is 0.118. The number of piperidine rings is 2. The van der Waals surface area contributed by atoms with E-state index in [1.807, 2.05) is 12.1 Å². The van der Waals surface area contributed by atoms with Crippen molar-refractivity contribution in [3.8, 4) is 0 Å². The molecule has 2 aliphatic rings. The van der Waals surface area contributed by atoms with E-state index in [1.54, 1.807) is 24.8 Å². The lowest BCUT2D eigenvalue weighted by atomic mass is 9.90. The molecule has 288 valence electrons. The molecule has 0 aliphatic carbocycles. The zero-order chi connectivity index (χ0) is 38.3. The Labute approximate surface area is 339 Å². The van der Waals surface area contributed by atoms with Crippen LogP contribution in [0.25, 0.3) is 0 Å². The number of pyridine rings is 2. The fourth-order valence-corrected chi connectivity index (χ4v) is 8.53. The van der Waals surface area contributed by atoms with Crippen molar-refractivity contribution in [1.29, 1.82) is 0 Å². The number of hydrogen-bond donors (Lipinski definition) is 1. The van der Waals surface area contributed by atoms with Crippen LogP contribution in [0.4, 0.5) is 11.4 Å². The molecule has 0 spiro atoms. The second kappa shape index (κ2) is 21.7. The molecule has 0 atom stereocenters. The standard InChI is InChI=1S/C28H31Cl2N3O.C14H19Cl2N3O/c29-25-18-31-19-26(30)28(25)33-16-13-24(14-17-33)27(34)12-7-15-32(20-22-8-3-1-4-9-22)21-23-10-5-2-6-11-23;15-11-8-18-9-12(16)14(11)19-6-3-10(4-7-19)13(20)2-1-5-17/h1-6,8-11,18-19,24H,7,12-17,20-21H2;8-10H,1-7,17H2. The second-order valence-electron chi connectivity index (χ2n) is 14.0. The first-order chi connectivity index (χ1) is 26.2. The molecule has 4 aromatic rings. The molecular formula is C42H50Cl4N6O2. The van der Waals surface area contributed by atoms with Crippen LogP contribution in [0, 0.1) is 11.8 Å². The summed E-state index contributed by atoms with van der Waals surface area (Å²) >= 11 is 25.0. The van der Waals surface area contributed by atoms with Gasteiger partial charge >= 0.3 is 0 Å². The van der Waals surface area contributed by atoms with E-state index in [1.165, 1.54) is 11.1 Å². The third-order valence-corrected chi connectivity index (χ3v) is 11.3. The van der Waals surface area contributed by atoms with Crippen LogP contribution in [0.15, 0.2) is 85.5 Å². The highest BCUT2D eigenvalue weighted by atomic mass is 35.5. The average Bonchev–Trinajstić information content (AvgIpc) is 3.18. The Morgan fingerprint density at radius 1 is 0.611 bits per heavy atom. The Morgan fingerprint density at radius 2 is 0.981 bits per heavy atom. The van der Waals surface area contributed by atoms with Crippen molar-refractivity contribution in [3.63, 3.8) is 0 Å². The maximum Gasteiger partial charge on any atom is 0.136 e. The summed E-state index contributed by atoms with van der Waals surface area (Å²) < 4.78 is 0. The molecule has 2 saturated heterocycles. The van der Waals surface area contributed by atoms with Gasteiger partial charge in [0.2, 0.25) is 0 Å². The molecule has 54 heavy (non-hydrogen) atoms. The monoisotopic (exact) mass is 810 g/mol. The molecule has 6 rings (SSSR count). The number of ketones is 2. The lowest BCUT2D eigenvalue weighted by Gasteiger charge is -2.34. The van der Waals surface area contributed by atoms with E-state index in [9.17, 15) is 9.59 Å². The molecule has 2 N–H and O–H groups in total. The number of hydrogen-bond acceptors (Lipinski definition) is 8. The van der Waals surface area contributed by atoms with Crippen LogP contribution in [0.5, 0.6) is 0 Å². The third-order valence-electron chi connectivity index (χ3n) is 10.2. The van der Waals surface area contributed by atoms with Gasteiger partial charge in [-0.2, -0.15) is 0 Å². The summed E-state index contributed by atoms with van der Waals surface area (Å²) in [5.41, 5.74) is 9.70. The minimum Gasteiger partial charge on any atom is -0.369 e. The summed E-state index contributed by atoms with van der Waals surface area (Å²) in [5.74, 6) is 0.984. The van der Waals surface area contributed by atoms with Gasteiger partial charge in [0.1, 0.15) is 11.6 Å². The van der Waals surface area contributed by atoms with Crippen LogP contribution >= 0.6 is 46.4 Å². The SMILES string of the molecule is NCCCC(=O)C1CCN(c2c(Cl)cncc2Cl)CC1.O=C(CCCN(Cc1ccccc1)Cc1ccccc1)C1CCN(c2c(Cl)cncc2Cl)CC1. The highest BCUT2D eigenvalue weighted by Crippen LogP contribution is 2.36. The van der Waals surface area contributed by atoms with Crippen molar-refractivity contribution in [1.82, 2.24) is 14.9 Å². The van der Waals surface area contributed by atoms with E-state index in [2.05, 4.69) is 73.2 Å². The molecule has 2 fully saturated rings. The van der Waals surface area contributed by atoms with Crippen molar-refractivity contribution < 1.29 is 9.59 Å². The third kappa shape index (κ3) is 12.4. The smallest absolute Gasteiger partial charge is 0.136 e. The largest absolute Gasteiger partial charge is 0.369 e. The fourth-order valence-electron chi connectivity index (χ4n) is 7.32. The highest BCUT2D eigenvalue weighted by Gasteiger charge is 2.28. The number of anilines is 2. The van der Waals surface area contributed by atoms with Crippen molar-refractivity contribution >= 4 is 69.3 Å². The van der Waals surface area contributed by atoms with Crippen molar-refractivity contribution in [3.05, 3.63) is 117 Å². The van der Waals surface area contributed by atoms with Crippen molar-refractivity contribution in [2.75, 3.05) is 49.1 Å². The number of carbonyl (C=O) groups is 2. The van der Waals surface area contributed by atoms with Crippen molar-refractivity contribution in [2.24, 2.45) is 17.6 Å². The first kappa shape index (κ1) is 41.9. The van der Waals surface area contributed by atoms with Gasteiger partial charge in [0, 0.05) is 88.7 Å². The molecule has 2 aromatic heterocycles. The number of aromatic nitrogens is 2. The van der Waals surface area contributed by atoms with E-state index in [4.69, 9.17) is 52.1 Å². The van der Waals surface area contributed by atoms with Crippen LogP contribution < -0.4 is 15.5 Å². The van der Waals surface area contributed by atoms with Gasteiger partial charge in [-0.3, -0.25) is 24.5 Å². The first-order valence-electron chi connectivity index (χ1n) is 18.9. The number of Topliss-reactive ketones (excluding diaryl/α,β-unsaturated/α-hetero) is 2. The Kier molecular flexibility index (Phi) is 16.9. The normalized spacial score (nSPS) is 15.2. The number of carbonyl (C=O) groups excluding carboxylic acids is 2. The van der Waals surface area contributed by atoms with E-state index < -0.39 is 0 Å². The van der Waals surface area contributed by atoms with Crippen LogP contribution in [0.3, 0.4) is 0 Å². The molecule has 0 unspecified atom stereocenters. The lowest BCUT2D eigenvalue weighted by molar-refractivity contribution is -0.124. The summed E-state index contributed by atoms with van der Waals surface area (Å²) in [4.78, 5) is 39.7. The maximum absolute atomic E-state index is 13.0. The Balaban J connectivity index is 0.000000239. The summed E-state index contributed by atoms with van der Waals surface area (Å²) in [6.45, 7) is 6.40. The van der Waals surface area contributed by atoms with E-state index in [0.29, 0.717) is 51.0 Å². The molecule has 0 bridgehead atoms. The number of nitrogens with zero attached hydrogens (tertiary/aromatic N) is 5. The number of benzene rings is 2. The first-order valence-corrected chi connectivity index (χ1v) is 20.4. The molecule has 0 amide bonds. The second-order valence-corrected chi connectivity index (χ2v) is 15.7. The molecule has 0 saturated carbocycles. The summed E-state index contributed by atoms with van der Waals surface area (Å²) in [6.07, 6.45) is 12.7. The lowest BCUT2D eigenvalue weighted by Crippen LogP contribution is -2.37. The van der Waals surface area contributed by atoms with Crippen LogP contribution in [0.2, 0.25) is 20.1 Å². The predicted octanol–water partition coefficient (Wildman–Crippen LogP) is 9.57. The molecule has 4 heterocycles. The Bertz CT molecular complexity index is 1690. The van der Waals surface area contributed by atoms with Crippen molar-refractivity contribution in [2.45, 2.75) is 64.5 Å². The van der Waals surface area contributed by atoms with Gasteiger partial charge in [0.05, 0.1) is 31.5 Å². The molecule has 8 nitrogen and oxygen atoms in total. The quantitative estimate of drug-likeness (QED) is 0.127. The van der Waals surface area contributed by atoms with Crippen LogP contribution in [-0.4, -0.2) is 65.7 Å². The predicted molar refractivity (Wildman–Crippen MR) is 223 cm³/mol. The topological polar surface area (TPSA) is 95.7 Å². The van der Waals surface area contributed by atoms with E-state index >= 15 is 0 Å². The van der Waals surface area contributed by atoms with Crippen LogP contribution in [-0.2, 0) is 22.7 Å². The number of halogens is 4. The summed E-state index contributed by atoms with van der Waals surface area (Å²) in [6, 6.07) is 21.1. The van der Waals surface area contributed by atoms with Gasteiger partial charge in [0.15, 0.2) is 0 Å². The highest BCUT2D eigenvalue weighted by molar-refractivity contribution is 6.39.